The topological polar surface area (TPSA) is 32.3 Å². The van der Waals surface area contributed by atoms with E-state index in [0.29, 0.717) is 6.54 Å². The first-order valence-corrected chi connectivity index (χ1v) is 7.03. The SMILES string of the molecule is CN(CCNC(=O)/C=C/c1ccccc1)c1ccccc1. The predicted octanol–water partition coefficient (Wildman–Crippen LogP) is 2.95. The molecule has 0 aliphatic heterocycles. The van der Waals surface area contributed by atoms with Gasteiger partial charge in [-0.3, -0.25) is 4.79 Å². The number of nitrogens with zero attached hydrogens (tertiary/aromatic N) is 1. The van der Waals surface area contributed by atoms with Crippen molar-refractivity contribution in [2.75, 3.05) is 25.0 Å². The van der Waals surface area contributed by atoms with Crippen LogP contribution in [0.3, 0.4) is 0 Å². The molecule has 2 aromatic carbocycles. The van der Waals surface area contributed by atoms with Crippen molar-refractivity contribution in [3.63, 3.8) is 0 Å². The van der Waals surface area contributed by atoms with E-state index in [4.69, 9.17) is 0 Å². The second-order valence-corrected chi connectivity index (χ2v) is 4.79. The summed E-state index contributed by atoms with van der Waals surface area (Å²) in [7, 11) is 2.02. The normalized spacial score (nSPS) is 10.5. The molecule has 0 unspecified atom stereocenters. The number of likely N-dealkylation sites (N-methyl/N-ethyl adjacent to an activating group) is 1. The summed E-state index contributed by atoms with van der Waals surface area (Å²) in [6.45, 7) is 1.39. The maximum atomic E-state index is 11.7. The highest BCUT2D eigenvalue weighted by Crippen LogP contribution is 2.09. The average molecular weight is 280 g/mol. The van der Waals surface area contributed by atoms with E-state index in [0.717, 1.165) is 17.8 Å². The van der Waals surface area contributed by atoms with E-state index in [-0.39, 0.29) is 5.91 Å². The standard InChI is InChI=1S/C18H20N2O/c1-20(17-10-6-3-7-11-17)15-14-19-18(21)13-12-16-8-4-2-5-9-16/h2-13H,14-15H2,1H3,(H,19,21)/b13-12+. The van der Waals surface area contributed by atoms with Gasteiger partial charge in [0, 0.05) is 31.9 Å². The summed E-state index contributed by atoms with van der Waals surface area (Å²) in [4.78, 5) is 13.8. The van der Waals surface area contributed by atoms with Crippen LogP contribution >= 0.6 is 0 Å². The lowest BCUT2D eigenvalue weighted by Gasteiger charge is -2.19. The van der Waals surface area contributed by atoms with Crippen molar-refractivity contribution < 1.29 is 4.79 Å². The first-order chi connectivity index (χ1) is 10.3. The van der Waals surface area contributed by atoms with Gasteiger partial charge in [0.1, 0.15) is 0 Å². The molecule has 1 N–H and O–H groups in total. The zero-order valence-electron chi connectivity index (χ0n) is 12.2. The van der Waals surface area contributed by atoms with Crippen LogP contribution in [0.2, 0.25) is 0 Å². The number of hydrogen-bond donors (Lipinski definition) is 1. The van der Waals surface area contributed by atoms with Gasteiger partial charge in [-0.15, -0.1) is 0 Å². The minimum absolute atomic E-state index is 0.0692. The summed E-state index contributed by atoms with van der Waals surface area (Å²) in [6, 6.07) is 19.9. The number of carbonyl (C=O) groups is 1. The smallest absolute Gasteiger partial charge is 0.244 e. The maximum Gasteiger partial charge on any atom is 0.244 e. The molecule has 0 radical (unpaired) electrons. The van der Waals surface area contributed by atoms with Crippen LogP contribution in [0.1, 0.15) is 5.56 Å². The molecule has 1 amide bonds. The number of benzene rings is 2. The molecule has 2 aromatic rings. The van der Waals surface area contributed by atoms with Crippen LogP contribution in [0.15, 0.2) is 66.7 Å². The molecule has 0 aromatic heterocycles. The number of carbonyl (C=O) groups excluding carboxylic acids is 1. The molecule has 21 heavy (non-hydrogen) atoms. The highest BCUT2D eigenvalue weighted by molar-refractivity contribution is 5.91. The molecule has 0 bridgehead atoms. The summed E-state index contributed by atoms with van der Waals surface area (Å²) < 4.78 is 0. The number of nitrogens with one attached hydrogen (secondary N) is 1. The lowest BCUT2D eigenvalue weighted by atomic mass is 10.2. The maximum absolute atomic E-state index is 11.7. The minimum Gasteiger partial charge on any atom is -0.373 e. The monoisotopic (exact) mass is 280 g/mol. The van der Waals surface area contributed by atoms with Gasteiger partial charge in [-0.1, -0.05) is 48.5 Å². The quantitative estimate of drug-likeness (QED) is 0.825. The molecule has 0 spiro atoms. The van der Waals surface area contributed by atoms with Gasteiger partial charge in [-0.25, -0.2) is 0 Å². The number of para-hydroxylation sites is 1. The van der Waals surface area contributed by atoms with Gasteiger partial charge in [0.25, 0.3) is 0 Å². The molecule has 0 saturated carbocycles. The van der Waals surface area contributed by atoms with Crippen LogP contribution < -0.4 is 10.2 Å². The Morgan fingerprint density at radius 3 is 2.33 bits per heavy atom. The highest BCUT2D eigenvalue weighted by atomic mass is 16.1. The first kappa shape index (κ1) is 14.9. The molecular formula is C18H20N2O. The van der Waals surface area contributed by atoms with Crippen molar-refractivity contribution in [3.05, 3.63) is 72.3 Å². The molecule has 108 valence electrons. The lowest BCUT2D eigenvalue weighted by Crippen LogP contribution is -2.31. The third-order valence-corrected chi connectivity index (χ3v) is 3.17. The van der Waals surface area contributed by atoms with E-state index in [2.05, 4.69) is 22.3 Å². The number of anilines is 1. The van der Waals surface area contributed by atoms with Gasteiger partial charge in [0.15, 0.2) is 0 Å². The Kier molecular flexibility index (Phi) is 5.59. The Morgan fingerprint density at radius 1 is 1.05 bits per heavy atom. The summed E-state index contributed by atoms with van der Waals surface area (Å²) in [5.41, 5.74) is 2.17. The second kappa shape index (κ2) is 7.90. The summed E-state index contributed by atoms with van der Waals surface area (Å²) in [6.07, 6.45) is 3.38. The zero-order chi connectivity index (χ0) is 14.9. The summed E-state index contributed by atoms with van der Waals surface area (Å²) in [5, 5.41) is 2.89. The van der Waals surface area contributed by atoms with Crippen molar-refractivity contribution in [2.24, 2.45) is 0 Å². The van der Waals surface area contributed by atoms with Gasteiger partial charge in [0.05, 0.1) is 0 Å². The van der Waals surface area contributed by atoms with E-state index in [1.165, 1.54) is 0 Å². The van der Waals surface area contributed by atoms with Crippen molar-refractivity contribution in [1.82, 2.24) is 5.32 Å². The van der Waals surface area contributed by atoms with Gasteiger partial charge in [0.2, 0.25) is 5.91 Å². The van der Waals surface area contributed by atoms with Crippen LogP contribution in [0.4, 0.5) is 5.69 Å². The average Bonchev–Trinajstić information content (AvgIpc) is 2.54. The third-order valence-electron chi connectivity index (χ3n) is 3.17. The van der Waals surface area contributed by atoms with Crippen molar-refractivity contribution in [1.29, 1.82) is 0 Å². The molecule has 0 atom stereocenters. The lowest BCUT2D eigenvalue weighted by molar-refractivity contribution is -0.116. The van der Waals surface area contributed by atoms with Crippen molar-refractivity contribution >= 4 is 17.7 Å². The Hall–Kier alpha value is -2.55. The molecule has 0 fully saturated rings. The van der Waals surface area contributed by atoms with Gasteiger partial charge < -0.3 is 10.2 Å². The van der Waals surface area contributed by atoms with Crippen LogP contribution in [-0.2, 0) is 4.79 Å². The number of rotatable bonds is 6. The Balaban J connectivity index is 1.73. The third kappa shape index (κ3) is 5.15. The van der Waals surface area contributed by atoms with E-state index in [9.17, 15) is 4.79 Å². The van der Waals surface area contributed by atoms with Crippen LogP contribution in [-0.4, -0.2) is 26.0 Å². The Labute approximate surface area is 125 Å². The fraction of sp³-hybridized carbons (Fsp3) is 0.167. The van der Waals surface area contributed by atoms with Crippen LogP contribution in [0.25, 0.3) is 6.08 Å². The van der Waals surface area contributed by atoms with Gasteiger partial charge >= 0.3 is 0 Å². The Bertz CT molecular complexity index is 579. The summed E-state index contributed by atoms with van der Waals surface area (Å²) >= 11 is 0. The predicted molar refractivity (Wildman–Crippen MR) is 88.2 cm³/mol. The first-order valence-electron chi connectivity index (χ1n) is 7.03. The van der Waals surface area contributed by atoms with Gasteiger partial charge in [-0.2, -0.15) is 0 Å². The Morgan fingerprint density at radius 2 is 1.67 bits per heavy atom. The van der Waals surface area contributed by atoms with E-state index in [1.54, 1.807) is 6.08 Å². The fourth-order valence-corrected chi connectivity index (χ4v) is 1.95. The highest BCUT2D eigenvalue weighted by Gasteiger charge is 2.00. The minimum atomic E-state index is -0.0692. The summed E-state index contributed by atoms with van der Waals surface area (Å²) in [5.74, 6) is -0.0692. The fourth-order valence-electron chi connectivity index (χ4n) is 1.95. The molecule has 0 saturated heterocycles. The molecule has 0 aliphatic carbocycles. The van der Waals surface area contributed by atoms with E-state index in [1.807, 2.05) is 61.7 Å². The zero-order valence-corrected chi connectivity index (χ0v) is 12.2. The van der Waals surface area contributed by atoms with Crippen molar-refractivity contribution in [3.8, 4) is 0 Å². The molecule has 2 rings (SSSR count). The molecule has 0 heterocycles. The number of amides is 1. The molecular weight excluding hydrogens is 260 g/mol. The molecule has 3 heteroatoms. The van der Waals surface area contributed by atoms with E-state index < -0.39 is 0 Å². The molecule has 0 aliphatic rings. The number of hydrogen-bond acceptors (Lipinski definition) is 2. The van der Waals surface area contributed by atoms with Crippen LogP contribution in [0, 0.1) is 0 Å². The second-order valence-electron chi connectivity index (χ2n) is 4.79. The van der Waals surface area contributed by atoms with E-state index >= 15 is 0 Å². The van der Waals surface area contributed by atoms with Crippen LogP contribution in [0.5, 0.6) is 0 Å². The molecule has 3 nitrogen and oxygen atoms in total. The van der Waals surface area contributed by atoms with Gasteiger partial charge in [-0.05, 0) is 23.8 Å². The van der Waals surface area contributed by atoms with Crippen molar-refractivity contribution in [2.45, 2.75) is 0 Å². The largest absolute Gasteiger partial charge is 0.373 e.